The van der Waals surface area contributed by atoms with Crippen LogP contribution in [-0.4, -0.2) is 57.5 Å². The topological polar surface area (TPSA) is 94.2 Å². The van der Waals surface area contributed by atoms with Gasteiger partial charge in [-0.1, -0.05) is 0 Å². The summed E-state index contributed by atoms with van der Waals surface area (Å²) in [6.45, 7) is 2.89. The second-order valence-electron chi connectivity index (χ2n) is 6.26. The summed E-state index contributed by atoms with van der Waals surface area (Å²) in [6.07, 6.45) is 1.69. The SMILES string of the molecule is CC(Oc1ccc2c(c1)OCO2)C(=O)N1CCC(NS(C)(=O)=O)CC1. The van der Waals surface area contributed by atoms with Crippen molar-refractivity contribution < 1.29 is 27.4 Å². The fourth-order valence-corrected chi connectivity index (χ4v) is 3.82. The van der Waals surface area contributed by atoms with Gasteiger partial charge >= 0.3 is 0 Å². The van der Waals surface area contributed by atoms with Gasteiger partial charge < -0.3 is 19.1 Å². The van der Waals surface area contributed by atoms with Crippen LogP contribution in [0.1, 0.15) is 19.8 Å². The van der Waals surface area contributed by atoms with Crippen LogP contribution >= 0.6 is 0 Å². The molecule has 0 spiro atoms. The number of hydrogen-bond acceptors (Lipinski definition) is 6. The first-order valence-electron chi connectivity index (χ1n) is 8.14. The smallest absolute Gasteiger partial charge is 0.263 e. The zero-order valence-electron chi connectivity index (χ0n) is 14.2. The molecule has 2 aliphatic heterocycles. The zero-order chi connectivity index (χ0) is 18.0. The van der Waals surface area contributed by atoms with Crippen molar-refractivity contribution in [2.45, 2.75) is 31.9 Å². The van der Waals surface area contributed by atoms with Gasteiger partial charge in [-0.3, -0.25) is 4.79 Å². The molecule has 25 heavy (non-hydrogen) atoms. The van der Waals surface area contributed by atoms with Gasteiger partial charge in [-0.2, -0.15) is 0 Å². The lowest BCUT2D eigenvalue weighted by molar-refractivity contribution is -0.139. The normalized spacial score (nSPS) is 18.9. The van der Waals surface area contributed by atoms with Crippen LogP contribution < -0.4 is 18.9 Å². The molecule has 1 saturated heterocycles. The van der Waals surface area contributed by atoms with Crippen LogP contribution in [0.25, 0.3) is 0 Å². The van der Waals surface area contributed by atoms with Crippen molar-refractivity contribution in [2.75, 3.05) is 26.1 Å². The second-order valence-corrected chi connectivity index (χ2v) is 8.04. The lowest BCUT2D eigenvalue weighted by Gasteiger charge is -2.33. The molecule has 0 radical (unpaired) electrons. The van der Waals surface area contributed by atoms with Gasteiger partial charge in [-0.25, -0.2) is 13.1 Å². The molecule has 1 fully saturated rings. The minimum atomic E-state index is -3.22. The molecular weight excluding hydrogens is 348 g/mol. The van der Waals surface area contributed by atoms with E-state index >= 15 is 0 Å². The standard InChI is InChI=1S/C16H22N2O6S/c1-11(24-13-3-4-14-15(9-13)23-10-22-14)16(19)18-7-5-12(6-8-18)17-25(2,20)21/h3-4,9,11-12,17H,5-8,10H2,1-2H3. The molecule has 8 nitrogen and oxygen atoms in total. The van der Waals surface area contributed by atoms with Crippen molar-refractivity contribution in [1.29, 1.82) is 0 Å². The Balaban J connectivity index is 1.53. The second kappa shape index (κ2) is 7.09. The molecule has 0 saturated carbocycles. The minimum absolute atomic E-state index is 0.115. The van der Waals surface area contributed by atoms with E-state index < -0.39 is 16.1 Å². The molecule has 3 rings (SSSR count). The maximum absolute atomic E-state index is 12.5. The average Bonchev–Trinajstić information content (AvgIpc) is 3.01. The van der Waals surface area contributed by atoms with Crippen molar-refractivity contribution >= 4 is 15.9 Å². The van der Waals surface area contributed by atoms with Gasteiger partial charge in [0.2, 0.25) is 16.8 Å². The fraction of sp³-hybridized carbons (Fsp3) is 0.562. The summed E-state index contributed by atoms with van der Waals surface area (Å²) in [5.74, 6) is 1.69. The number of likely N-dealkylation sites (tertiary alicyclic amines) is 1. The lowest BCUT2D eigenvalue weighted by Crippen LogP contribution is -2.49. The number of rotatable bonds is 5. The number of benzene rings is 1. The quantitative estimate of drug-likeness (QED) is 0.821. The zero-order valence-corrected chi connectivity index (χ0v) is 15.0. The molecule has 1 N–H and O–H groups in total. The maximum atomic E-state index is 12.5. The van der Waals surface area contributed by atoms with Gasteiger partial charge in [0.15, 0.2) is 17.6 Å². The first-order chi connectivity index (χ1) is 11.8. The van der Waals surface area contributed by atoms with Gasteiger partial charge in [-0.15, -0.1) is 0 Å². The molecule has 2 aliphatic rings. The first-order valence-corrected chi connectivity index (χ1v) is 10.0. The number of nitrogens with one attached hydrogen (secondary N) is 1. The molecule has 0 aliphatic carbocycles. The Kier molecular flexibility index (Phi) is 5.05. The number of nitrogens with zero attached hydrogens (tertiary/aromatic N) is 1. The monoisotopic (exact) mass is 370 g/mol. The Hall–Kier alpha value is -2.00. The number of ether oxygens (including phenoxy) is 3. The van der Waals surface area contributed by atoms with Crippen LogP contribution in [0.3, 0.4) is 0 Å². The Morgan fingerprint density at radius 1 is 1.28 bits per heavy atom. The van der Waals surface area contributed by atoms with Crippen molar-refractivity contribution in [3.8, 4) is 17.2 Å². The fourth-order valence-electron chi connectivity index (χ4n) is 2.98. The molecule has 138 valence electrons. The van der Waals surface area contributed by atoms with Crippen LogP contribution in [-0.2, 0) is 14.8 Å². The highest BCUT2D eigenvalue weighted by atomic mass is 32.2. The summed E-state index contributed by atoms with van der Waals surface area (Å²) in [5, 5.41) is 0. The van der Waals surface area contributed by atoms with Crippen LogP contribution in [0.2, 0.25) is 0 Å². The van der Waals surface area contributed by atoms with E-state index in [0.717, 1.165) is 6.26 Å². The molecule has 0 bridgehead atoms. The van der Waals surface area contributed by atoms with Crippen LogP contribution in [0.15, 0.2) is 18.2 Å². The third-order valence-corrected chi connectivity index (χ3v) is 4.95. The number of carbonyl (C=O) groups excluding carboxylic acids is 1. The Labute approximate surface area is 147 Å². The number of fused-ring (bicyclic) bond motifs is 1. The predicted molar refractivity (Wildman–Crippen MR) is 90.2 cm³/mol. The highest BCUT2D eigenvalue weighted by Gasteiger charge is 2.28. The van der Waals surface area contributed by atoms with E-state index in [1.165, 1.54) is 0 Å². The van der Waals surface area contributed by atoms with E-state index in [4.69, 9.17) is 14.2 Å². The van der Waals surface area contributed by atoms with E-state index in [1.807, 2.05) is 0 Å². The Bertz CT molecular complexity index is 743. The summed E-state index contributed by atoms with van der Waals surface area (Å²) in [7, 11) is -3.22. The van der Waals surface area contributed by atoms with Crippen molar-refractivity contribution in [3.63, 3.8) is 0 Å². The van der Waals surface area contributed by atoms with Gasteiger partial charge in [0.05, 0.1) is 6.26 Å². The summed E-state index contributed by atoms with van der Waals surface area (Å²) in [4.78, 5) is 14.2. The molecular formula is C16H22N2O6S. The van der Waals surface area contributed by atoms with E-state index in [2.05, 4.69) is 4.72 Å². The van der Waals surface area contributed by atoms with Gasteiger partial charge in [0, 0.05) is 25.2 Å². The highest BCUT2D eigenvalue weighted by molar-refractivity contribution is 7.88. The molecule has 1 aromatic carbocycles. The maximum Gasteiger partial charge on any atom is 0.263 e. The Morgan fingerprint density at radius 2 is 1.96 bits per heavy atom. The molecule has 9 heteroatoms. The minimum Gasteiger partial charge on any atom is -0.481 e. The number of hydrogen-bond donors (Lipinski definition) is 1. The number of sulfonamides is 1. The van der Waals surface area contributed by atoms with E-state index in [-0.39, 0.29) is 18.7 Å². The van der Waals surface area contributed by atoms with Crippen molar-refractivity contribution in [3.05, 3.63) is 18.2 Å². The lowest BCUT2D eigenvalue weighted by atomic mass is 10.1. The molecule has 1 atom stereocenters. The molecule has 1 aromatic rings. The van der Waals surface area contributed by atoms with Crippen LogP contribution in [0.5, 0.6) is 17.2 Å². The summed E-state index contributed by atoms with van der Waals surface area (Å²) >= 11 is 0. The van der Waals surface area contributed by atoms with Gasteiger partial charge in [-0.05, 0) is 31.9 Å². The van der Waals surface area contributed by atoms with E-state index in [9.17, 15) is 13.2 Å². The average molecular weight is 370 g/mol. The van der Waals surface area contributed by atoms with E-state index in [1.54, 1.807) is 30.0 Å². The third-order valence-electron chi connectivity index (χ3n) is 4.19. The number of carbonyl (C=O) groups is 1. The van der Waals surface area contributed by atoms with Crippen molar-refractivity contribution in [1.82, 2.24) is 9.62 Å². The summed E-state index contributed by atoms with van der Waals surface area (Å²) in [6, 6.07) is 5.06. The highest BCUT2D eigenvalue weighted by Crippen LogP contribution is 2.35. The van der Waals surface area contributed by atoms with Gasteiger partial charge in [0.25, 0.3) is 5.91 Å². The molecule has 1 unspecified atom stereocenters. The molecule has 2 heterocycles. The third kappa shape index (κ3) is 4.55. The number of amides is 1. The summed E-state index contributed by atoms with van der Waals surface area (Å²) in [5.41, 5.74) is 0. The molecule has 0 aromatic heterocycles. The number of piperidine rings is 1. The van der Waals surface area contributed by atoms with Crippen LogP contribution in [0.4, 0.5) is 0 Å². The first kappa shape index (κ1) is 17.8. The Morgan fingerprint density at radius 3 is 2.64 bits per heavy atom. The van der Waals surface area contributed by atoms with Crippen LogP contribution in [0, 0.1) is 0 Å². The van der Waals surface area contributed by atoms with Crippen molar-refractivity contribution in [2.24, 2.45) is 0 Å². The van der Waals surface area contributed by atoms with Gasteiger partial charge in [0.1, 0.15) is 5.75 Å². The summed E-state index contributed by atoms with van der Waals surface area (Å²) < 4.78 is 41.4. The largest absolute Gasteiger partial charge is 0.481 e. The predicted octanol–water partition coefficient (Wildman–Crippen LogP) is 0.723. The van der Waals surface area contributed by atoms with E-state index in [0.29, 0.717) is 43.2 Å². The molecule has 1 amide bonds.